The zero-order valence-corrected chi connectivity index (χ0v) is 13.6. The van der Waals surface area contributed by atoms with E-state index < -0.39 is 0 Å². The van der Waals surface area contributed by atoms with Crippen LogP contribution in [0.25, 0.3) is 0 Å². The number of rotatable bonds is 4. The maximum Gasteiger partial charge on any atom is 0.126 e. The molecule has 1 aliphatic heterocycles. The zero-order valence-electron chi connectivity index (χ0n) is 12.1. The lowest BCUT2D eigenvalue weighted by Crippen LogP contribution is -2.44. The highest BCUT2D eigenvalue weighted by molar-refractivity contribution is 9.10. The number of hydrogen-bond donors (Lipinski definition) is 1. The van der Waals surface area contributed by atoms with Crippen LogP contribution in [0.2, 0.25) is 0 Å². The van der Waals surface area contributed by atoms with Crippen molar-refractivity contribution in [3.8, 4) is 5.75 Å². The van der Waals surface area contributed by atoms with Crippen molar-refractivity contribution in [1.82, 2.24) is 10.2 Å². The van der Waals surface area contributed by atoms with Gasteiger partial charge in [-0.1, -0.05) is 22.0 Å². The van der Waals surface area contributed by atoms with Gasteiger partial charge in [-0.2, -0.15) is 0 Å². The molecule has 0 saturated carbocycles. The van der Waals surface area contributed by atoms with Gasteiger partial charge < -0.3 is 15.0 Å². The van der Waals surface area contributed by atoms with E-state index in [0.717, 1.165) is 44.9 Å². The average Bonchev–Trinajstić information content (AvgIpc) is 2.42. The number of methoxy groups -OCH3 is 1. The molecule has 4 heteroatoms. The highest BCUT2D eigenvalue weighted by Crippen LogP contribution is 2.33. The fourth-order valence-corrected chi connectivity index (χ4v) is 3.23. The van der Waals surface area contributed by atoms with Gasteiger partial charge in [0.1, 0.15) is 5.75 Å². The number of nitrogens with one attached hydrogen (secondary N) is 1. The Bertz CT molecular complexity index is 442. The number of piperazine rings is 1. The largest absolute Gasteiger partial charge is 0.496 e. The van der Waals surface area contributed by atoms with Crippen molar-refractivity contribution in [2.24, 2.45) is 0 Å². The molecule has 1 N–H and O–H groups in total. The molecular weight excluding hydrogens is 304 g/mol. The summed E-state index contributed by atoms with van der Waals surface area (Å²) in [5, 5.41) is 3.39. The van der Waals surface area contributed by atoms with E-state index in [1.807, 2.05) is 0 Å². The van der Waals surface area contributed by atoms with Crippen molar-refractivity contribution in [1.29, 1.82) is 0 Å². The van der Waals surface area contributed by atoms with Gasteiger partial charge in [-0.05, 0) is 31.4 Å². The summed E-state index contributed by atoms with van der Waals surface area (Å²) in [5.41, 5.74) is 3.81. The van der Waals surface area contributed by atoms with Gasteiger partial charge in [0.15, 0.2) is 0 Å². The molecule has 106 valence electrons. The van der Waals surface area contributed by atoms with Crippen molar-refractivity contribution < 1.29 is 4.74 Å². The molecule has 1 fully saturated rings. The molecule has 1 heterocycles. The van der Waals surface area contributed by atoms with E-state index in [9.17, 15) is 0 Å². The molecule has 1 aromatic carbocycles. The number of ether oxygens (including phenoxy) is 1. The van der Waals surface area contributed by atoms with E-state index in [1.165, 1.54) is 21.2 Å². The number of aryl methyl sites for hydroxylation is 2. The minimum Gasteiger partial charge on any atom is -0.496 e. The summed E-state index contributed by atoms with van der Waals surface area (Å²) in [5.74, 6) is 1.03. The summed E-state index contributed by atoms with van der Waals surface area (Å²) in [6, 6.07) is 2.18. The van der Waals surface area contributed by atoms with Gasteiger partial charge in [-0.15, -0.1) is 0 Å². The molecular formula is C15H23BrN2O. The molecule has 1 aromatic rings. The van der Waals surface area contributed by atoms with Crippen molar-refractivity contribution in [2.75, 3.05) is 39.8 Å². The molecule has 0 aromatic heterocycles. The Morgan fingerprint density at radius 2 is 1.95 bits per heavy atom. The number of hydrogen-bond acceptors (Lipinski definition) is 3. The van der Waals surface area contributed by atoms with E-state index in [1.54, 1.807) is 7.11 Å². The first-order chi connectivity index (χ1) is 9.13. The first-order valence-corrected chi connectivity index (χ1v) is 7.68. The third-order valence-electron chi connectivity index (χ3n) is 3.77. The van der Waals surface area contributed by atoms with Gasteiger partial charge in [0.25, 0.3) is 0 Å². The van der Waals surface area contributed by atoms with Crippen LogP contribution in [-0.2, 0) is 6.42 Å². The Labute approximate surface area is 124 Å². The SMILES string of the molecule is COc1c(C)cc(C)c(Br)c1CCN1CCNCC1. The van der Waals surface area contributed by atoms with Crippen LogP contribution >= 0.6 is 15.9 Å². The van der Waals surface area contributed by atoms with Crippen LogP contribution in [0.1, 0.15) is 16.7 Å². The van der Waals surface area contributed by atoms with Gasteiger partial charge in [0.05, 0.1) is 7.11 Å². The summed E-state index contributed by atoms with van der Waals surface area (Å²) in [6.45, 7) is 9.85. The molecule has 2 rings (SSSR count). The first kappa shape index (κ1) is 14.8. The molecule has 1 saturated heterocycles. The van der Waals surface area contributed by atoms with Crippen molar-refractivity contribution in [3.05, 3.63) is 27.2 Å². The van der Waals surface area contributed by atoms with Crippen LogP contribution in [0.3, 0.4) is 0 Å². The fraction of sp³-hybridized carbons (Fsp3) is 0.600. The summed E-state index contributed by atoms with van der Waals surface area (Å²) in [6.07, 6.45) is 1.03. The van der Waals surface area contributed by atoms with E-state index in [-0.39, 0.29) is 0 Å². The van der Waals surface area contributed by atoms with Crippen LogP contribution in [-0.4, -0.2) is 44.7 Å². The Morgan fingerprint density at radius 1 is 1.26 bits per heavy atom. The Morgan fingerprint density at radius 3 is 2.58 bits per heavy atom. The lowest BCUT2D eigenvalue weighted by molar-refractivity contribution is 0.243. The van der Waals surface area contributed by atoms with Crippen molar-refractivity contribution >= 4 is 15.9 Å². The third-order valence-corrected chi connectivity index (χ3v) is 4.87. The molecule has 19 heavy (non-hydrogen) atoms. The molecule has 0 amide bonds. The zero-order chi connectivity index (χ0) is 13.8. The minimum absolute atomic E-state index is 1.03. The minimum atomic E-state index is 1.03. The third kappa shape index (κ3) is 3.50. The van der Waals surface area contributed by atoms with Crippen molar-refractivity contribution in [2.45, 2.75) is 20.3 Å². The summed E-state index contributed by atoms with van der Waals surface area (Å²) in [7, 11) is 1.76. The van der Waals surface area contributed by atoms with E-state index >= 15 is 0 Å². The average molecular weight is 327 g/mol. The number of benzene rings is 1. The van der Waals surface area contributed by atoms with E-state index in [4.69, 9.17) is 4.74 Å². The highest BCUT2D eigenvalue weighted by atomic mass is 79.9. The maximum atomic E-state index is 5.59. The molecule has 0 atom stereocenters. The van der Waals surface area contributed by atoms with E-state index in [0.29, 0.717) is 0 Å². The van der Waals surface area contributed by atoms with Gasteiger partial charge in [-0.25, -0.2) is 0 Å². The summed E-state index contributed by atoms with van der Waals surface area (Å²) in [4.78, 5) is 2.51. The maximum absolute atomic E-state index is 5.59. The second-order valence-electron chi connectivity index (χ2n) is 5.18. The summed E-state index contributed by atoms with van der Waals surface area (Å²) < 4.78 is 6.79. The van der Waals surface area contributed by atoms with E-state index in [2.05, 4.69) is 46.1 Å². The van der Waals surface area contributed by atoms with Gasteiger partial charge >= 0.3 is 0 Å². The Balaban J connectivity index is 2.13. The lowest BCUT2D eigenvalue weighted by Gasteiger charge is -2.27. The monoisotopic (exact) mass is 326 g/mol. The number of nitrogens with zero attached hydrogens (tertiary/aromatic N) is 1. The standard InChI is InChI=1S/C15H23BrN2O/c1-11-10-12(2)15(19-3)13(14(11)16)4-7-18-8-5-17-6-9-18/h10,17H,4-9H2,1-3H3. The lowest BCUT2D eigenvalue weighted by atomic mass is 10.0. The Hall–Kier alpha value is -0.580. The van der Waals surface area contributed by atoms with Crippen LogP contribution < -0.4 is 10.1 Å². The molecule has 0 unspecified atom stereocenters. The number of halogens is 1. The first-order valence-electron chi connectivity index (χ1n) is 6.89. The summed E-state index contributed by atoms with van der Waals surface area (Å²) >= 11 is 3.72. The molecule has 0 radical (unpaired) electrons. The molecule has 0 bridgehead atoms. The quantitative estimate of drug-likeness (QED) is 0.920. The topological polar surface area (TPSA) is 24.5 Å². The van der Waals surface area contributed by atoms with Gasteiger partial charge in [0, 0.05) is 42.8 Å². The molecule has 3 nitrogen and oxygen atoms in total. The normalized spacial score (nSPS) is 16.6. The predicted molar refractivity (Wildman–Crippen MR) is 83.2 cm³/mol. The van der Waals surface area contributed by atoms with Crippen LogP contribution in [0.4, 0.5) is 0 Å². The smallest absolute Gasteiger partial charge is 0.126 e. The molecule has 0 aliphatic carbocycles. The highest BCUT2D eigenvalue weighted by Gasteiger charge is 2.15. The van der Waals surface area contributed by atoms with Crippen LogP contribution in [0.5, 0.6) is 5.75 Å². The second kappa shape index (κ2) is 6.73. The van der Waals surface area contributed by atoms with Gasteiger partial charge in [-0.3, -0.25) is 0 Å². The Kier molecular flexibility index (Phi) is 5.25. The predicted octanol–water partition coefficient (Wildman–Crippen LogP) is 2.52. The second-order valence-corrected chi connectivity index (χ2v) is 5.97. The van der Waals surface area contributed by atoms with Crippen LogP contribution in [0.15, 0.2) is 10.5 Å². The van der Waals surface area contributed by atoms with Crippen molar-refractivity contribution in [3.63, 3.8) is 0 Å². The molecule has 1 aliphatic rings. The van der Waals surface area contributed by atoms with Crippen LogP contribution in [0, 0.1) is 13.8 Å². The molecule has 0 spiro atoms. The fourth-order valence-electron chi connectivity index (χ4n) is 2.74. The van der Waals surface area contributed by atoms with Gasteiger partial charge in [0.2, 0.25) is 0 Å².